The monoisotopic (exact) mass is 291 g/mol. The van der Waals surface area contributed by atoms with Gasteiger partial charge in [0.15, 0.2) is 11.6 Å². The summed E-state index contributed by atoms with van der Waals surface area (Å²) in [5.74, 6) is -2.10. The van der Waals surface area contributed by atoms with Crippen LogP contribution in [0.5, 0.6) is 0 Å². The van der Waals surface area contributed by atoms with Crippen LogP contribution >= 0.6 is 11.8 Å². The van der Waals surface area contributed by atoms with Crippen LogP contribution in [-0.2, 0) is 9.53 Å². The number of nitrogens with one attached hydrogen (secondary N) is 1. The molecule has 1 amide bonds. The fourth-order valence-electron chi connectivity index (χ4n) is 1.25. The van der Waals surface area contributed by atoms with E-state index in [2.05, 4.69) is 5.32 Å². The minimum absolute atomic E-state index is 0.0603. The van der Waals surface area contributed by atoms with Gasteiger partial charge in [0.25, 0.3) is 0 Å². The number of thioether (sulfide) groups is 1. The Kier molecular flexibility index (Phi) is 6.75. The third-order valence-electron chi connectivity index (χ3n) is 2.15. The van der Waals surface area contributed by atoms with Crippen molar-refractivity contribution in [1.82, 2.24) is 5.32 Å². The number of rotatable bonds is 7. The van der Waals surface area contributed by atoms with Gasteiger partial charge in [0.2, 0.25) is 5.91 Å². The standard InChI is InChI=1S/C12H15F2NO3S/c1-18-6-8(16)5-15-12(17)7-19-9-2-3-10(13)11(14)4-9/h2-4,8,16H,5-7H2,1H3,(H,15,17). The lowest BCUT2D eigenvalue weighted by molar-refractivity contribution is -0.119. The summed E-state index contributed by atoms with van der Waals surface area (Å²) in [5.41, 5.74) is 0. The van der Waals surface area contributed by atoms with Gasteiger partial charge in [-0.25, -0.2) is 8.78 Å². The van der Waals surface area contributed by atoms with Gasteiger partial charge < -0.3 is 15.2 Å². The van der Waals surface area contributed by atoms with E-state index in [1.165, 1.54) is 13.2 Å². The summed E-state index contributed by atoms with van der Waals surface area (Å²) in [6.07, 6.45) is -0.762. The maximum Gasteiger partial charge on any atom is 0.230 e. The highest BCUT2D eigenvalue weighted by molar-refractivity contribution is 8.00. The predicted octanol–water partition coefficient (Wildman–Crippen LogP) is 1.18. The summed E-state index contributed by atoms with van der Waals surface area (Å²) in [5, 5.41) is 11.8. The van der Waals surface area contributed by atoms with Gasteiger partial charge in [-0.3, -0.25) is 4.79 Å². The zero-order valence-electron chi connectivity index (χ0n) is 10.4. The van der Waals surface area contributed by atoms with Crippen LogP contribution < -0.4 is 5.32 Å². The Bertz CT molecular complexity index is 431. The van der Waals surface area contributed by atoms with Crippen molar-refractivity contribution in [2.75, 3.05) is 26.0 Å². The van der Waals surface area contributed by atoms with Crippen molar-refractivity contribution in [1.29, 1.82) is 0 Å². The first-order valence-electron chi connectivity index (χ1n) is 5.54. The lowest BCUT2D eigenvalue weighted by Crippen LogP contribution is -2.35. The van der Waals surface area contributed by atoms with Crippen LogP contribution in [0.25, 0.3) is 0 Å². The zero-order valence-corrected chi connectivity index (χ0v) is 11.2. The minimum atomic E-state index is -0.944. The van der Waals surface area contributed by atoms with Gasteiger partial charge in [0.1, 0.15) is 0 Å². The number of methoxy groups -OCH3 is 1. The summed E-state index contributed by atoms with van der Waals surface area (Å²) >= 11 is 1.08. The van der Waals surface area contributed by atoms with Gasteiger partial charge in [0.05, 0.1) is 18.5 Å². The number of ether oxygens (including phenoxy) is 1. The molecule has 0 heterocycles. The number of hydrogen-bond donors (Lipinski definition) is 2. The number of aliphatic hydroxyl groups is 1. The number of halogens is 2. The molecule has 19 heavy (non-hydrogen) atoms. The summed E-state index contributed by atoms with van der Waals surface area (Å²) < 4.78 is 30.3. The van der Waals surface area contributed by atoms with E-state index in [0.29, 0.717) is 4.90 Å². The number of carbonyl (C=O) groups excluding carboxylic acids is 1. The van der Waals surface area contributed by atoms with Crippen LogP contribution in [0.1, 0.15) is 0 Å². The van der Waals surface area contributed by atoms with Crippen LogP contribution in [0, 0.1) is 11.6 Å². The van der Waals surface area contributed by atoms with Crippen molar-refractivity contribution in [3.63, 3.8) is 0 Å². The second-order valence-electron chi connectivity index (χ2n) is 3.78. The van der Waals surface area contributed by atoms with E-state index >= 15 is 0 Å². The third-order valence-corrected chi connectivity index (χ3v) is 3.15. The highest BCUT2D eigenvalue weighted by atomic mass is 32.2. The maximum atomic E-state index is 12.9. The second kappa shape index (κ2) is 8.08. The molecule has 2 N–H and O–H groups in total. The van der Waals surface area contributed by atoms with Crippen molar-refractivity contribution in [2.45, 2.75) is 11.0 Å². The number of carbonyl (C=O) groups is 1. The van der Waals surface area contributed by atoms with E-state index in [9.17, 15) is 18.7 Å². The normalized spacial score (nSPS) is 12.2. The van der Waals surface area contributed by atoms with Crippen molar-refractivity contribution < 1.29 is 23.4 Å². The number of benzene rings is 1. The SMILES string of the molecule is COCC(O)CNC(=O)CSc1ccc(F)c(F)c1. The van der Waals surface area contributed by atoms with Crippen molar-refractivity contribution in [3.8, 4) is 0 Å². The topological polar surface area (TPSA) is 58.6 Å². The lowest BCUT2D eigenvalue weighted by atomic mass is 10.3. The molecule has 0 fully saturated rings. The van der Waals surface area contributed by atoms with Gasteiger partial charge in [-0.2, -0.15) is 0 Å². The number of aliphatic hydroxyl groups excluding tert-OH is 1. The molecular formula is C12H15F2NO3S. The summed E-state index contributed by atoms with van der Waals surface area (Å²) in [6, 6.07) is 3.45. The van der Waals surface area contributed by atoms with Crippen molar-refractivity contribution >= 4 is 17.7 Å². The highest BCUT2D eigenvalue weighted by Crippen LogP contribution is 2.19. The molecule has 0 aliphatic heterocycles. The molecule has 0 aliphatic carbocycles. The number of amides is 1. The Morgan fingerprint density at radius 2 is 2.21 bits per heavy atom. The zero-order chi connectivity index (χ0) is 14.3. The van der Waals surface area contributed by atoms with E-state index in [4.69, 9.17) is 4.74 Å². The van der Waals surface area contributed by atoms with Crippen molar-refractivity contribution in [2.24, 2.45) is 0 Å². The molecule has 106 valence electrons. The molecule has 1 aromatic carbocycles. The average Bonchev–Trinajstić information content (AvgIpc) is 2.38. The summed E-state index contributed by atoms with van der Waals surface area (Å²) in [4.78, 5) is 11.9. The Balaban J connectivity index is 2.31. The summed E-state index contributed by atoms with van der Waals surface area (Å²) in [6.45, 7) is 0.224. The molecule has 0 aromatic heterocycles. The smallest absolute Gasteiger partial charge is 0.230 e. The van der Waals surface area contributed by atoms with E-state index in [-0.39, 0.29) is 24.8 Å². The van der Waals surface area contributed by atoms with E-state index in [0.717, 1.165) is 23.9 Å². The quantitative estimate of drug-likeness (QED) is 0.741. The molecule has 4 nitrogen and oxygen atoms in total. The van der Waals surface area contributed by atoms with Gasteiger partial charge in [-0.1, -0.05) is 0 Å². The fraction of sp³-hybridized carbons (Fsp3) is 0.417. The Morgan fingerprint density at radius 1 is 1.47 bits per heavy atom. The van der Waals surface area contributed by atoms with Crippen LogP contribution in [0.2, 0.25) is 0 Å². The van der Waals surface area contributed by atoms with Gasteiger partial charge in [0, 0.05) is 18.6 Å². The Morgan fingerprint density at radius 3 is 2.84 bits per heavy atom. The minimum Gasteiger partial charge on any atom is -0.389 e. The van der Waals surface area contributed by atoms with Gasteiger partial charge in [-0.05, 0) is 18.2 Å². The Labute approximate surface area is 114 Å². The molecule has 1 atom stereocenters. The molecule has 0 aliphatic rings. The van der Waals surface area contributed by atoms with E-state index in [1.54, 1.807) is 0 Å². The first-order chi connectivity index (χ1) is 9.02. The molecule has 0 bridgehead atoms. The van der Waals surface area contributed by atoms with Crippen LogP contribution in [0.3, 0.4) is 0 Å². The maximum absolute atomic E-state index is 12.9. The second-order valence-corrected chi connectivity index (χ2v) is 4.83. The first kappa shape index (κ1) is 15.9. The van der Waals surface area contributed by atoms with E-state index in [1.807, 2.05) is 0 Å². The molecule has 1 aromatic rings. The number of hydrogen-bond acceptors (Lipinski definition) is 4. The average molecular weight is 291 g/mol. The Hall–Kier alpha value is -1.18. The molecule has 1 rings (SSSR count). The molecule has 0 saturated carbocycles. The molecule has 0 saturated heterocycles. The van der Waals surface area contributed by atoms with Crippen LogP contribution in [-0.4, -0.2) is 43.1 Å². The third kappa shape index (κ3) is 6.00. The molecule has 0 spiro atoms. The fourth-order valence-corrected chi connectivity index (χ4v) is 2.00. The molecular weight excluding hydrogens is 276 g/mol. The first-order valence-corrected chi connectivity index (χ1v) is 6.53. The van der Waals surface area contributed by atoms with E-state index < -0.39 is 17.7 Å². The molecule has 1 unspecified atom stereocenters. The highest BCUT2D eigenvalue weighted by Gasteiger charge is 2.08. The summed E-state index contributed by atoms with van der Waals surface area (Å²) in [7, 11) is 1.45. The lowest BCUT2D eigenvalue weighted by Gasteiger charge is -2.10. The van der Waals surface area contributed by atoms with Crippen LogP contribution in [0.4, 0.5) is 8.78 Å². The predicted molar refractivity (Wildman–Crippen MR) is 68.0 cm³/mol. The molecule has 0 radical (unpaired) electrons. The molecule has 7 heteroatoms. The van der Waals surface area contributed by atoms with Crippen molar-refractivity contribution in [3.05, 3.63) is 29.8 Å². The largest absolute Gasteiger partial charge is 0.389 e. The van der Waals surface area contributed by atoms with Crippen LogP contribution in [0.15, 0.2) is 23.1 Å². The van der Waals surface area contributed by atoms with Gasteiger partial charge in [-0.15, -0.1) is 11.8 Å². The van der Waals surface area contributed by atoms with Gasteiger partial charge >= 0.3 is 0 Å².